The van der Waals surface area contributed by atoms with Crippen LogP contribution in [0.2, 0.25) is 0 Å². The first-order valence-electron chi connectivity index (χ1n) is 3.13. The van der Waals surface area contributed by atoms with E-state index in [0.717, 1.165) is 5.82 Å². The third-order valence-corrected chi connectivity index (χ3v) is 1.01. The molecule has 0 saturated heterocycles. The molecule has 0 aliphatic rings. The van der Waals surface area contributed by atoms with Gasteiger partial charge in [-0.25, -0.2) is 4.99 Å². The Morgan fingerprint density at radius 1 is 1.60 bits per heavy atom. The molecule has 0 amide bonds. The number of hydrogen-bond acceptors (Lipinski definition) is 1. The molecule has 3 nitrogen and oxygen atoms in total. The smallest absolute Gasteiger partial charge is 0.131 e. The van der Waals surface area contributed by atoms with E-state index in [-0.39, 0.29) is 0 Å². The summed E-state index contributed by atoms with van der Waals surface area (Å²) in [6, 6.07) is 3.84. The molecule has 0 saturated carbocycles. The van der Waals surface area contributed by atoms with E-state index in [0.29, 0.717) is 0 Å². The maximum Gasteiger partial charge on any atom is 0.131 e. The van der Waals surface area contributed by atoms with E-state index in [1.54, 1.807) is 6.34 Å². The summed E-state index contributed by atoms with van der Waals surface area (Å²) in [6.45, 7) is 0. The van der Waals surface area contributed by atoms with Crippen molar-refractivity contribution >= 4 is 12.2 Å². The molecule has 1 rings (SSSR count). The highest BCUT2D eigenvalue weighted by molar-refractivity contribution is 5.58. The molecule has 0 bridgehead atoms. The van der Waals surface area contributed by atoms with Gasteiger partial charge in [0, 0.05) is 20.3 Å². The maximum atomic E-state index is 4.11. The first-order valence-corrected chi connectivity index (χ1v) is 3.13. The highest BCUT2D eigenvalue weighted by atomic mass is 15.1. The normalized spacial score (nSPS) is 10.6. The van der Waals surface area contributed by atoms with Crippen molar-refractivity contribution in [3.8, 4) is 0 Å². The van der Waals surface area contributed by atoms with Crippen molar-refractivity contribution < 1.29 is 0 Å². The molecule has 3 heteroatoms. The third kappa shape index (κ3) is 1.93. The van der Waals surface area contributed by atoms with E-state index >= 15 is 0 Å². The zero-order valence-corrected chi connectivity index (χ0v) is 6.20. The second-order valence-electron chi connectivity index (χ2n) is 2.26. The van der Waals surface area contributed by atoms with E-state index in [1.807, 2.05) is 37.3 Å². The lowest BCUT2D eigenvalue weighted by atomic mass is 10.6. The maximum absolute atomic E-state index is 4.11. The number of H-pyrrole nitrogens is 1. The van der Waals surface area contributed by atoms with E-state index < -0.39 is 0 Å². The Morgan fingerprint density at radius 2 is 2.40 bits per heavy atom. The number of aromatic nitrogens is 1. The Bertz CT molecular complexity index is 199. The van der Waals surface area contributed by atoms with E-state index in [2.05, 4.69) is 9.98 Å². The van der Waals surface area contributed by atoms with Crippen molar-refractivity contribution in [3.05, 3.63) is 18.3 Å². The first-order chi connectivity index (χ1) is 4.79. The monoisotopic (exact) mass is 137 g/mol. The first kappa shape index (κ1) is 6.86. The van der Waals surface area contributed by atoms with Crippen LogP contribution in [0.1, 0.15) is 0 Å². The summed E-state index contributed by atoms with van der Waals surface area (Å²) in [4.78, 5) is 8.97. The molecule has 1 N–H and O–H groups in total. The van der Waals surface area contributed by atoms with E-state index in [4.69, 9.17) is 0 Å². The SMILES string of the molecule is CN(C)/C=N\c1ccc[nH]1. The molecule has 0 radical (unpaired) electrons. The number of nitrogens with one attached hydrogen (secondary N) is 1. The zero-order valence-electron chi connectivity index (χ0n) is 6.20. The number of rotatable bonds is 2. The topological polar surface area (TPSA) is 31.4 Å². The molecule has 1 aromatic rings. The quantitative estimate of drug-likeness (QED) is 0.482. The molecule has 0 spiro atoms. The lowest BCUT2D eigenvalue weighted by molar-refractivity contribution is 0.643. The number of aromatic amines is 1. The summed E-state index contributed by atoms with van der Waals surface area (Å²) in [5.74, 6) is 0.883. The Hall–Kier alpha value is -1.25. The Kier molecular flexibility index (Phi) is 2.10. The fraction of sp³-hybridized carbons (Fsp3) is 0.286. The average molecular weight is 137 g/mol. The zero-order chi connectivity index (χ0) is 7.40. The molecule has 0 fully saturated rings. The van der Waals surface area contributed by atoms with Gasteiger partial charge in [-0.05, 0) is 12.1 Å². The van der Waals surface area contributed by atoms with Crippen LogP contribution >= 0.6 is 0 Å². The van der Waals surface area contributed by atoms with Gasteiger partial charge in [0.05, 0.1) is 6.34 Å². The summed E-state index contributed by atoms with van der Waals surface area (Å²) in [5.41, 5.74) is 0. The van der Waals surface area contributed by atoms with Crippen molar-refractivity contribution in [3.63, 3.8) is 0 Å². The van der Waals surface area contributed by atoms with Gasteiger partial charge in [-0.3, -0.25) is 0 Å². The number of nitrogens with zero attached hydrogens (tertiary/aromatic N) is 2. The lowest BCUT2D eigenvalue weighted by Gasteiger charge is -2.00. The Balaban J connectivity index is 2.55. The van der Waals surface area contributed by atoms with Gasteiger partial charge in [-0.15, -0.1) is 0 Å². The van der Waals surface area contributed by atoms with Gasteiger partial charge in [-0.2, -0.15) is 0 Å². The van der Waals surface area contributed by atoms with Crippen LogP contribution in [-0.2, 0) is 0 Å². The molecular weight excluding hydrogens is 126 g/mol. The summed E-state index contributed by atoms with van der Waals surface area (Å²) < 4.78 is 0. The minimum Gasteiger partial charge on any atom is -0.369 e. The summed E-state index contributed by atoms with van der Waals surface area (Å²) in [6.07, 6.45) is 3.61. The summed E-state index contributed by atoms with van der Waals surface area (Å²) in [7, 11) is 3.87. The van der Waals surface area contributed by atoms with Crippen molar-refractivity contribution in [2.45, 2.75) is 0 Å². The minimum absolute atomic E-state index is 0.883. The molecule has 54 valence electrons. The highest BCUT2D eigenvalue weighted by Crippen LogP contribution is 2.03. The predicted octanol–water partition coefficient (Wildman–Crippen LogP) is 1.24. The summed E-state index contributed by atoms with van der Waals surface area (Å²) >= 11 is 0. The second kappa shape index (κ2) is 3.06. The van der Waals surface area contributed by atoms with Crippen LogP contribution in [-0.4, -0.2) is 30.3 Å². The van der Waals surface area contributed by atoms with Crippen molar-refractivity contribution in [2.24, 2.45) is 4.99 Å². The van der Waals surface area contributed by atoms with E-state index in [1.165, 1.54) is 0 Å². The average Bonchev–Trinajstić information content (AvgIpc) is 2.34. The van der Waals surface area contributed by atoms with Gasteiger partial charge in [0.15, 0.2) is 0 Å². The summed E-state index contributed by atoms with van der Waals surface area (Å²) in [5, 5.41) is 0. The largest absolute Gasteiger partial charge is 0.369 e. The molecule has 0 aliphatic carbocycles. The standard InChI is InChI=1S/C7H11N3/c1-10(2)6-9-7-4-3-5-8-7/h3-6,8H,1-2H3/b9-6-. The molecule has 0 atom stereocenters. The fourth-order valence-electron chi connectivity index (χ4n) is 0.579. The van der Waals surface area contributed by atoms with E-state index in [9.17, 15) is 0 Å². The molecule has 1 aromatic heterocycles. The van der Waals surface area contributed by atoms with Crippen molar-refractivity contribution in [1.29, 1.82) is 0 Å². The van der Waals surface area contributed by atoms with Crippen LogP contribution in [0.15, 0.2) is 23.3 Å². The predicted molar refractivity (Wildman–Crippen MR) is 42.6 cm³/mol. The van der Waals surface area contributed by atoms with Crippen LogP contribution < -0.4 is 0 Å². The van der Waals surface area contributed by atoms with Crippen molar-refractivity contribution in [1.82, 2.24) is 9.88 Å². The van der Waals surface area contributed by atoms with Gasteiger partial charge < -0.3 is 9.88 Å². The minimum atomic E-state index is 0.883. The fourth-order valence-corrected chi connectivity index (χ4v) is 0.579. The Morgan fingerprint density at radius 3 is 2.90 bits per heavy atom. The van der Waals surface area contributed by atoms with Crippen LogP contribution in [0.25, 0.3) is 0 Å². The van der Waals surface area contributed by atoms with Crippen LogP contribution in [0.5, 0.6) is 0 Å². The van der Waals surface area contributed by atoms with Crippen molar-refractivity contribution in [2.75, 3.05) is 14.1 Å². The van der Waals surface area contributed by atoms with Gasteiger partial charge in [0.25, 0.3) is 0 Å². The third-order valence-electron chi connectivity index (χ3n) is 1.01. The second-order valence-corrected chi connectivity index (χ2v) is 2.26. The van der Waals surface area contributed by atoms with Crippen LogP contribution in [0.4, 0.5) is 5.82 Å². The number of hydrogen-bond donors (Lipinski definition) is 1. The molecule has 10 heavy (non-hydrogen) atoms. The molecular formula is C7H11N3. The molecule has 0 aliphatic heterocycles. The highest BCUT2D eigenvalue weighted by Gasteiger charge is 1.83. The van der Waals surface area contributed by atoms with Gasteiger partial charge in [0.2, 0.25) is 0 Å². The molecule has 0 unspecified atom stereocenters. The van der Waals surface area contributed by atoms with Crippen LogP contribution in [0.3, 0.4) is 0 Å². The van der Waals surface area contributed by atoms with Gasteiger partial charge in [0.1, 0.15) is 5.82 Å². The number of aliphatic imine (C=N–C) groups is 1. The lowest BCUT2D eigenvalue weighted by Crippen LogP contribution is -2.06. The van der Waals surface area contributed by atoms with Gasteiger partial charge >= 0.3 is 0 Å². The van der Waals surface area contributed by atoms with Gasteiger partial charge in [-0.1, -0.05) is 0 Å². The molecule has 1 heterocycles. The molecule has 0 aromatic carbocycles. The Labute approximate surface area is 60.4 Å². The van der Waals surface area contributed by atoms with Crippen LogP contribution in [0, 0.1) is 0 Å².